The predicted molar refractivity (Wildman–Crippen MR) is 83.5 cm³/mol. The molecule has 0 aromatic heterocycles. The smallest absolute Gasteiger partial charge is 0.248 e. The largest absolute Gasteiger partial charge is 0.491 e. The van der Waals surface area contributed by atoms with Crippen molar-refractivity contribution in [2.24, 2.45) is 0 Å². The first-order valence-corrected chi connectivity index (χ1v) is 7.18. The van der Waals surface area contributed by atoms with Crippen molar-refractivity contribution in [1.29, 1.82) is 0 Å². The van der Waals surface area contributed by atoms with Crippen molar-refractivity contribution in [2.75, 3.05) is 25.6 Å². The Hall–Kier alpha value is -2.07. The molecule has 1 aliphatic carbocycles. The molecule has 0 saturated heterocycles. The zero-order valence-corrected chi connectivity index (χ0v) is 12.3. The molecule has 0 bridgehead atoms. The Bertz CT molecular complexity index is 517. The number of hydrogen-bond acceptors (Lipinski definition) is 3. The zero-order valence-electron chi connectivity index (χ0n) is 12.3. The molecule has 0 saturated carbocycles. The van der Waals surface area contributed by atoms with Gasteiger partial charge in [-0.15, -0.1) is 0 Å². The molecule has 0 radical (unpaired) electrons. The summed E-state index contributed by atoms with van der Waals surface area (Å²) in [7, 11) is 1.64. The van der Waals surface area contributed by atoms with E-state index in [0.29, 0.717) is 13.2 Å². The molecule has 112 valence electrons. The lowest BCUT2D eigenvalue weighted by Gasteiger charge is -2.07. The standard InChI is InChI=1S/C17H21NO3/c1-20-12-13-21-16-9-7-15(8-10-16)18-17(19)11-6-14-4-2-3-5-14/h4,6-11H,2-3,5,12-13H2,1H3,(H,18,19). The number of nitrogens with one attached hydrogen (secondary N) is 1. The second-order valence-corrected chi connectivity index (χ2v) is 4.86. The molecule has 1 aromatic rings. The van der Waals surface area contributed by atoms with Gasteiger partial charge in [-0.1, -0.05) is 17.7 Å². The van der Waals surface area contributed by atoms with E-state index in [0.717, 1.165) is 24.3 Å². The highest BCUT2D eigenvalue weighted by Gasteiger charge is 2.02. The van der Waals surface area contributed by atoms with Crippen LogP contribution in [0.25, 0.3) is 0 Å². The SMILES string of the molecule is COCCOc1ccc(NC(=O)C=CC2=CCCC2)cc1. The summed E-state index contributed by atoms with van der Waals surface area (Å²) in [5, 5.41) is 2.83. The first kappa shape index (κ1) is 15.3. The van der Waals surface area contributed by atoms with Gasteiger partial charge in [-0.3, -0.25) is 4.79 Å². The Balaban J connectivity index is 1.80. The highest BCUT2D eigenvalue weighted by atomic mass is 16.5. The topological polar surface area (TPSA) is 47.6 Å². The molecule has 1 amide bonds. The van der Waals surface area contributed by atoms with Gasteiger partial charge in [-0.2, -0.15) is 0 Å². The van der Waals surface area contributed by atoms with Crippen LogP contribution in [0.15, 0.2) is 48.1 Å². The van der Waals surface area contributed by atoms with E-state index in [4.69, 9.17) is 9.47 Å². The molecule has 0 atom stereocenters. The molecule has 2 rings (SSSR count). The molecule has 0 unspecified atom stereocenters. The van der Waals surface area contributed by atoms with Crippen molar-refractivity contribution in [1.82, 2.24) is 0 Å². The summed E-state index contributed by atoms with van der Waals surface area (Å²) in [6.07, 6.45) is 9.02. The molecular weight excluding hydrogens is 266 g/mol. The van der Waals surface area contributed by atoms with Crippen molar-refractivity contribution >= 4 is 11.6 Å². The van der Waals surface area contributed by atoms with E-state index in [9.17, 15) is 4.79 Å². The van der Waals surface area contributed by atoms with Crippen molar-refractivity contribution < 1.29 is 14.3 Å². The third kappa shape index (κ3) is 5.44. The van der Waals surface area contributed by atoms with Crippen LogP contribution >= 0.6 is 0 Å². The maximum Gasteiger partial charge on any atom is 0.248 e. The number of allylic oxidation sites excluding steroid dienone is 3. The fourth-order valence-corrected chi connectivity index (χ4v) is 2.09. The van der Waals surface area contributed by atoms with E-state index in [2.05, 4.69) is 11.4 Å². The lowest BCUT2D eigenvalue weighted by Crippen LogP contribution is -2.08. The molecule has 0 aliphatic heterocycles. The van der Waals surface area contributed by atoms with Crippen LogP contribution in [0.2, 0.25) is 0 Å². The van der Waals surface area contributed by atoms with Gasteiger partial charge in [0.1, 0.15) is 12.4 Å². The normalized spacial score (nSPS) is 14.2. The first-order chi connectivity index (χ1) is 10.3. The summed E-state index contributed by atoms with van der Waals surface area (Å²) >= 11 is 0. The number of carbonyl (C=O) groups is 1. The number of hydrogen-bond donors (Lipinski definition) is 1. The van der Waals surface area contributed by atoms with E-state index in [1.165, 1.54) is 12.0 Å². The quantitative estimate of drug-likeness (QED) is 0.618. The van der Waals surface area contributed by atoms with Crippen molar-refractivity contribution in [2.45, 2.75) is 19.3 Å². The monoisotopic (exact) mass is 287 g/mol. The summed E-state index contributed by atoms with van der Waals surface area (Å²) in [6, 6.07) is 7.30. The van der Waals surface area contributed by atoms with E-state index in [1.807, 2.05) is 30.3 Å². The van der Waals surface area contributed by atoms with Gasteiger partial charge >= 0.3 is 0 Å². The summed E-state index contributed by atoms with van der Waals surface area (Å²) in [4.78, 5) is 11.8. The predicted octanol–water partition coefficient (Wildman–Crippen LogP) is 3.32. The highest BCUT2D eigenvalue weighted by molar-refractivity contribution is 5.99. The van der Waals surface area contributed by atoms with Gasteiger partial charge in [-0.25, -0.2) is 0 Å². The van der Waals surface area contributed by atoms with Crippen molar-refractivity contribution in [3.8, 4) is 5.75 Å². The van der Waals surface area contributed by atoms with Crippen LogP contribution in [0.4, 0.5) is 5.69 Å². The molecule has 21 heavy (non-hydrogen) atoms. The molecule has 0 spiro atoms. The maximum atomic E-state index is 11.8. The molecule has 4 heteroatoms. The summed E-state index contributed by atoms with van der Waals surface area (Å²) in [6.45, 7) is 1.07. The Morgan fingerprint density at radius 1 is 1.29 bits per heavy atom. The summed E-state index contributed by atoms with van der Waals surface area (Å²) in [5.41, 5.74) is 2.00. The minimum absolute atomic E-state index is 0.115. The molecule has 1 N–H and O–H groups in total. The number of ether oxygens (including phenoxy) is 2. The van der Waals surface area contributed by atoms with Crippen LogP contribution in [-0.4, -0.2) is 26.2 Å². The molecule has 1 aliphatic rings. The van der Waals surface area contributed by atoms with Crippen LogP contribution < -0.4 is 10.1 Å². The van der Waals surface area contributed by atoms with Crippen molar-refractivity contribution in [3.05, 3.63) is 48.1 Å². The van der Waals surface area contributed by atoms with Gasteiger partial charge in [0, 0.05) is 18.9 Å². The zero-order chi connectivity index (χ0) is 14.9. The van der Waals surface area contributed by atoms with Gasteiger partial charge in [-0.05, 0) is 43.5 Å². The Labute approximate surface area is 125 Å². The van der Waals surface area contributed by atoms with Crippen LogP contribution in [-0.2, 0) is 9.53 Å². The number of anilines is 1. The lowest BCUT2D eigenvalue weighted by atomic mass is 10.2. The lowest BCUT2D eigenvalue weighted by molar-refractivity contribution is -0.111. The Kier molecular flexibility index (Phi) is 6.03. The van der Waals surface area contributed by atoms with Gasteiger partial charge in [0.15, 0.2) is 0 Å². The van der Waals surface area contributed by atoms with Crippen LogP contribution in [0, 0.1) is 0 Å². The molecular formula is C17H21NO3. The van der Waals surface area contributed by atoms with Gasteiger partial charge < -0.3 is 14.8 Å². The summed E-state index contributed by atoms with van der Waals surface area (Å²) < 4.78 is 10.4. The number of benzene rings is 1. The Morgan fingerprint density at radius 3 is 2.76 bits per heavy atom. The van der Waals surface area contributed by atoms with E-state index in [-0.39, 0.29) is 5.91 Å². The first-order valence-electron chi connectivity index (χ1n) is 7.18. The number of methoxy groups -OCH3 is 1. The third-order valence-corrected chi connectivity index (χ3v) is 3.20. The fraction of sp³-hybridized carbons (Fsp3) is 0.353. The average Bonchev–Trinajstić information content (AvgIpc) is 3.01. The second-order valence-electron chi connectivity index (χ2n) is 4.86. The molecule has 4 nitrogen and oxygen atoms in total. The number of amides is 1. The fourth-order valence-electron chi connectivity index (χ4n) is 2.09. The maximum absolute atomic E-state index is 11.8. The minimum atomic E-state index is -0.115. The molecule has 0 fully saturated rings. The Morgan fingerprint density at radius 2 is 2.10 bits per heavy atom. The van der Waals surface area contributed by atoms with Crippen LogP contribution in [0.1, 0.15) is 19.3 Å². The molecule has 1 aromatic carbocycles. The number of rotatable bonds is 7. The summed E-state index contributed by atoms with van der Waals surface area (Å²) in [5.74, 6) is 0.646. The van der Waals surface area contributed by atoms with Crippen LogP contribution in [0.3, 0.4) is 0 Å². The highest BCUT2D eigenvalue weighted by Crippen LogP contribution is 2.19. The van der Waals surface area contributed by atoms with Gasteiger partial charge in [0.05, 0.1) is 6.61 Å². The average molecular weight is 287 g/mol. The molecule has 0 heterocycles. The minimum Gasteiger partial charge on any atom is -0.491 e. The van der Waals surface area contributed by atoms with Crippen molar-refractivity contribution in [3.63, 3.8) is 0 Å². The number of carbonyl (C=O) groups excluding carboxylic acids is 1. The van der Waals surface area contributed by atoms with E-state index < -0.39 is 0 Å². The van der Waals surface area contributed by atoms with Crippen LogP contribution in [0.5, 0.6) is 5.75 Å². The second kappa shape index (κ2) is 8.27. The van der Waals surface area contributed by atoms with Gasteiger partial charge in [0.25, 0.3) is 0 Å². The van der Waals surface area contributed by atoms with Gasteiger partial charge in [0.2, 0.25) is 5.91 Å². The van der Waals surface area contributed by atoms with E-state index in [1.54, 1.807) is 13.2 Å². The third-order valence-electron chi connectivity index (χ3n) is 3.20. The van der Waals surface area contributed by atoms with E-state index >= 15 is 0 Å².